The number of rotatable bonds is 3. The monoisotopic (exact) mass is 415 g/mol. The first-order chi connectivity index (χ1) is 12.5. The van der Waals surface area contributed by atoms with Crippen molar-refractivity contribution in [3.05, 3.63) is 0 Å². The lowest BCUT2D eigenvalue weighted by molar-refractivity contribution is -0.137. The van der Waals surface area contributed by atoms with Gasteiger partial charge in [0.05, 0.1) is 6.10 Å². The molecule has 4 rings (SSSR count). The van der Waals surface area contributed by atoms with Crippen LogP contribution in [0.3, 0.4) is 0 Å². The van der Waals surface area contributed by atoms with Crippen LogP contribution in [-0.4, -0.2) is 24.9 Å². The lowest BCUT2D eigenvalue weighted by atomic mass is 9.44. The lowest BCUT2D eigenvalue weighted by Gasteiger charge is -2.61. The van der Waals surface area contributed by atoms with E-state index in [1.807, 2.05) is 0 Å². The van der Waals surface area contributed by atoms with Gasteiger partial charge < -0.3 is 6.15 Å². The molecule has 0 aromatic carbocycles. The van der Waals surface area contributed by atoms with E-state index >= 15 is 0 Å². The standard InChI is InChI=1S/C21H34O5S.H3N/c1-13(22)17-6-7-18-16-5-4-14-12-15(26-27(23,24)25)8-10-20(14,2)19(16)9-11-21(17,18)3;/h14-19H,4-12H2,1-3H3,(H,23,24,25);1H3/t14-,15-,16+,17-,18+,19+,20+,21-;/m1./s1. The molecule has 8 atom stereocenters. The third-order valence-electron chi connectivity index (χ3n) is 9.37. The van der Waals surface area contributed by atoms with E-state index in [-0.39, 0.29) is 29.0 Å². The van der Waals surface area contributed by atoms with Crippen molar-refractivity contribution >= 4 is 16.2 Å². The van der Waals surface area contributed by atoms with Gasteiger partial charge in [-0.3, -0.25) is 9.35 Å². The van der Waals surface area contributed by atoms with Gasteiger partial charge in [0.25, 0.3) is 0 Å². The van der Waals surface area contributed by atoms with Crippen LogP contribution >= 0.6 is 0 Å². The Morgan fingerprint density at radius 1 is 0.964 bits per heavy atom. The molecule has 0 radical (unpaired) electrons. The van der Waals surface area contributed by atoms with Crippen molar-refractivity contribution in [2.75, 3.05) is 0 Å². The number of Topliss-reactive ketones (excluding diaryl/α,β-unsaturated/α-hetero) is 1. The second kappa shape index (κ2) is 7.33. The number of fused-ring (bicyclic) bond motifs is 5. The van der Waals surface area contributed by atoms with Gasteiger partial charge in [-0.15, -0.1) is 0 Å². The molecule has 0 bridgehead atoms. The van der Waals surface area contributed by atoms with E-state index < -0.39 is 10.4 Å². The van der Waals surface area contributed by atoms with Gasteiger partial charge in [-0.2, -0.15) is 8.42 Å². The first-order valence-corrected chi connectivity index (χ1v) is 12.1. The highest BCUT2D eigenvalue weighted by molar-refractivity contribution is 7.80. The van der Waals surface area contributed by atoms with E-state index in [1.54, 1.807) is 6.92 Å². The Bertz CT molecular complexity index is 724. The second-order valence-corrected chi connectivity index (χ2v) is 11.4. The molecule has 4 N–H and O–H groups in total. The Balaban J connectivity index is 0.00000225. The van der Waals surface area contributed by atoms with Crippen LogP contribution in [0.25, 0.3) is 0 Å². The molecule has 7 heteroatoms. The van der Waals surface area contributed by atoms with Gasteiger partial charge in [0, 0.05) is 5.92 Å². The summed E-state index contributed by atoms with van der Waals surface area (Å²) in [6.45, 7) is 6.57. The molecule has 4 aliphatic rings. The molecule has 0 saturated heterocycles. The van der Waals surface area contributed by atoms with E-state index in [9.17, 15) is 13.2 Å². The highest BCUT2D eigenvalue weighted by Crippen LogP contribution is 2.67. The van der Waals surface area contributed by atoms with Crippen LogP contribution in [0.1, 0.15) is 78.6 Å². The minimum atomic E-state index is -4.37. The predicted octanol–water partition coefficient (Wildman–Crippen LogP) is 4.58. The third kappa shape index (κ3) is 3.46. The molecule has 4 saturated carbocycles. The zero-order valence-corrected chi connectivity index (χ0v) is 18.3. The number of carbonyl (C=O) groups excluding carboxylic acids is 1. The lowest BCUT2D eigenvalue weighted by Crippen LogP contribution is -2.54. The number of hydrogen-bond donors (Lipinski definition) is 2. The number of carbonyl (C=O) groups is 1. The summed E-state index contributed by atoms with van der Waals surface area (Å²) in [7, 11) is -4.37. The second-order valence-electron chi connectivity index (χ2n) is 10.4. The van der Waals surface area contributed by atoms with Crippen LogP contribution in [0.15, 0.2) is 0 Å². The van der Waals surface area contributed by atoms with Gasteiger partial charge in [0.2, 0.25) is 0 Å². The van der Waals surface area contributed by atoms with E-state index in [4.69, 9.17) is 8.74 Å². The molecule has 4 fully saturated rings. The zero-order valence-electron chi connectivity index (χ0n) is 17.5. The summed E-state index contributed by atoms with van der Waals surface area (Å²) in [5.74, 6) is 3.12. The minimum Gasteiger partial charge on any atom is -0.344 e. The molecule has 0 aliphatic heterocycles. The van der Waals surface area contributed by atoms with Crippen molar-refractivity contribution in [1.82, 2.24) is 6.15 Å². The quantitative estimate of drug-likeness (QED) is 0.652. The maximum atomic E-state index is 12.2. The maximum Gasteiger partial charge on any atom is 0.397 e. The molecule has 0 aromatic rings. The summed E-state index contributed by atoms with van der Waals surface area (Å²) in [5, 5.41) is 0. The molecule has 0 heterocycles. The van der Waals surface area contributed by atoms with Crippen LogP contribution in [0.4, 0.5) is 0 Å². The van der Waals surface area contributed by atoms with Crippen molar-refractivity contribution in [2.24, 2.45) is 40.4 Å². The van der Waals surface area contributed by atoms with Crippen molar-refractivity contribution in [3.63, 3.8) is 0 Å². The Kier molecular flexibility index (Phi) is 5.81. The van der Waals surface area contributed by atoms with Gasteiger partial charge in [-0.25, -0.2) is 4.18 Å². The molecular formula is C21H37NO5S. The zero-order chi connectivity index (χ0) is 19.6. The van der Waals surface area contributed by atoms with Crippen molar-refractivity contribution < 1.29 is 21.9 Å². The Labute approximate surface area is 169 Å². The summed E-state index contributed by atoms with van der Waals surface area (Å²) < 4.78 is 36.2. The predicted molar refractivity (Wildman–Crippen MR) is 107 cm³/mol. The fourth-order valence-electron chi connectivity index (χ4n) is 8.15. The topological polar surface area (TPSA) is 116 Å². The molecule has 162 valence electrons. The fourth-order valence-corrected chi connectivity index (χ4v) is 8.66. The third-order valence-corrected chi connectivity index (χ3v) is 9.88. The molecule has 4 aliphatic carbocycles. The Morgan fingerprint density at radius 3 is 2.25 bits per heavy atom. The molecule has 6 nitrogen and oxygen atoms in total. The van der Waals surface area contributed by atoms with Gasteiger partial charge in [0.1, 0.15) is 5.78 Å². The highest BCUT2D eigenvalue weighted by Gasteiger charge is 2.60. The smallest absolute Gasteiger partial charge is 0.344 e. The first kappa shape index (κ1) is 22.2. The normalized spacial score (nSPS) is 48.0. The van der Waals surface area contributed by atoms with Crippen molar-refractivity contribution in [2.45, 2.75) is 84.7 Å². The average molecular weight is 416 g/mol. The SMILES string of the molecule is CC(=O)[C@H]1CC[C@H]2[C@@H]3CC[C@@H]4C[C@H](OS(=O)(=O)O)CC[C@]4(C)[C@H]3CC[C@]12C.N. The van der Waals surface area contributed by atoms with Crippen molar-refractivity contribution in [1.29, 1.82) is 0 Å². The van der Waals surface area contributed by atoms with Crippen LogP contribution in [0.2, 0.25) is 0 Å². The maximum absolute atomic E-state index is 12.2. The Morgan fingerprint density at radius 2 is 1.61 bits per heavy atom. The number of hydrogen-bond acceptors (Lipinski definition) is 5. The summed E-state index contributed by atoms with van der Waals surface area (Å²) in [5.41, 5.74) is 0.416. The van der Waals surface area contributed by atoms with Gasteiger partial charge >= 0.3 is 10.4 Å². The van der Waals surface area contributed by atoms with Crippen LogP contribution in [0, 0.1) is 40.4 Å². The Hall–Kier alpha value is -0.500. The van der Waals surface area contributed by atoms with Crippen LogP contribution in [-0.2, 0) is 19.4 Å². The summed E-state index contributed by atoms with van der Waals surface area (Å²) >= 11 is 0. The largest absolute Gasteiger partial charge is 0.397 e. The van der Waals surface area contributed by atoms with E-state index in [1.165, 1.54) is 19.3 Å². The molecule has 0 spiro atoms. The first-order valence-electron chi connectivity index (χ1n) is 10.7. The van der Waals surface area contributed by atoms with Crippen LogP contribution < -0.4 is 6.15 Å². The van der Waals surface area contributed by atoms with Crippen LogP contribution in [0.5, 0.6) is 0 Å². The summed E-state index contributed by atoms with van der Waals surface area (Å²) in [6, 6.07) is 0. The van der Waals surface area contributed by atoms with E-state index in [2.05, 4.69) is 13.8 Å². The summed E-state index contributed by atoms with van der Waals surface area (Å²) in [4.78, 5) is 12.2. The molecule has 0 aromatic heterocycles. The minimum absolute atomic E-state index is 0. The van der Waals surface area contributed by atoms with E-state index in [0.717, 1.165) is 32.1 Å². The molecule has 28 heavy (non-hydrogen) atoms. The van der Waals surface area contributed by atoms with Gasteiger partial charge in [-0.1, -0.05) is 13.8 Å². The molecular weight excluding hydrogens is 378 g/mol. The number of ketones is 1. The molecule has 0 unspecified atom stereocenters. The average Bonchev–Trinajstić information content (AvgIpc) is 2.91. The molecule has 0 amide bonds. The van der Waals surface area contributed by atoms with Gasteiger partial charge in [-0.05, 0) is 99.2 Å². The highest BCUT2D eigenvalue weighted by atomic mass is 32.3. The van der Waals surface area contributed by atoms with Gasteiger partial charge in [0.15, 0.2) is 0 Å². The fraction of sp³-hybridized carbons (Fsp3) is 0.952. The van der Waals surface area contributed by atoms with Crippen molar-refractivity contribution in [3.8, 4) is 0 Å². The summed E-state index contributed by atoms with van der Waals surface area (Å²) in [6.07, 6.45) is 8.92. The van der Waals surface area contributed by atoms with E-state index in [0.29, 0.717) is 35.9 Å².